The average Bonchev–Trinajstić information content (AvgIpc) is 2.68. The summed E-state index contributed by atoms with van der Waals surface area (Å²) in [6.07, 6.45) is 7.72. The molecule has 0 bridgehead atoms. The van der Waals surface area contributed by atoms with Gasteiger partial charge in [-0.3, -0.25) is 0 Å². The second kappa shape index (κ2) is 8.47. The van der Waals surface area contributed by atoms with E-state index < -0.39 is 0 Å². The largest absolute Gasteiger partial charge is 0.374 e. The van der Waals surface area contributed by atoms with Crippen molar-refractivity contribution in [2.75, 3.05) is 12.3 Å². The summed E-state index contributed by atoms with van der Waals surface area (Å²) in [5, 5.41) is 9.00. The molecule has 5 heteroatoms. The van der Waals surface area contributed by atoms with Gasteiger partial charge in [-0.15, -0.1) is 10.2 Å². The molecular formula is C11H21N3OS. The molecule has 4 nitrogen and oxygen atoms in total. The van der Waals surface area contributed by atoms with Crippen LogP contribution in [0.15, 0.2) is 0 Å². The number of hydrogen-bond donors (Lipinski definition) is 1. The van der Waals surface area contributed by atoms with Crippen molar-refractivity contribution in [3.63, 3.8) is 0 Å². The summed E-state index contributed by atoms with van der Waals surface area (Å²) < 4.78 is 5.49. The molecule has 2 N–H and O–H groups in total. The van der Waals surface area contributed by atoms with Gasteiger partial charge in [-0.2, -0.15) is 0 Å². The fourth-order valence-corrected chi connectivity index (χ4v) is 2.02. The molecule has 0 aromatic carbocycles. The van der Waals surface area contributed by atoms with Crippen molar-refractivity contribution in [2.45, 2.75) is 52.1 Å². The summed E-state index contributed by atoms with van der Waals surface area (Å²) >= 11 is 1.39. The molecule has 0 aliphatic rings. The SMILES string of the molecule is CCCCCCCCOCc1nnc(N)s1. The summed E-state index contributed by atoms with van der Waals surface area (Å²) in [5.74, 6) is 0. The Morgan fingerprint density at radius 2 is 1.88 bits per heavy atom. The standard InChI is InChI=1S/C11H21N3OS/c1-2-3-4-5-6-7-8-15-9-10-13-14-11(12)16-10/h2-9H2,1H3,(H2,12,14). The van der Waals surface area contributed by atoms with Crippen LogP contribution < -0.4 is 5.73 Å². The number of nitrogen functional groups attached to an aromatic ring is 1. The lowest BCUT2D eigenvalue weighted by atomic mass is 10.1. The van der Waals surface area contributed by atoms with Crippen LogP contribution in [0.2, 0.25) is 0 Å². The molecule has 0 aliphatic heterocycles. The third-order valence-corrected chi connectivity index (χ3v) is 3.08. The van der Waals surface area contributed by atoms with E-state index in [-0.39, 0.29) is 0 Å². The van der Waals surface area contributed by atoms with Gasteiger partial charge in [-0.25, -0.2) is 0 Å². The van der Waals surface area contributed by atoms with Crippen LogP contribution in [-0.4, -0.2) is 16.8 Å². The number of rotatable bonds is 9. The lowest BCUT2D eigenvalue weighted by Gasteiger charge is -2.01. The number of nitrogens with zero attached hydrogens (tertiary/aromatic N) is 2. The Bertz CT molecular complexity index is 278. The second-order valence-electron chi connectivity index (χ2n) is 3.85. The van der Waals surface area contributed by atoms with E-state index in [4.69, 9.17) is 10.5 Å². The zero-order valence-electron chi connectivity index (χ0n) is 9.95. The summed E-state index contributed by atoms with van der Waals surface area (Å²) in [6.45, 7) is 3.59. The molecule has 0 amide bonds. The first-order valence-electron chi connectivity index (χ1n) is 5.98. The molecule has 1 heterocycles. The molecular weight excluding hydrogens is 222 g/mol. The highest BCUT2D eigenvalue weighted by atomic mass is 32.1. The molecule has 0 radical (unpaired) electrons. The van der Waals surface area contributed by atoms with Crippen molar-refractivity contribution in [3.8, 4) is 0 Å². The lowest BCUT2D eigenvalue weighted by Crippen LogP contribution is -1.95. The number of nitrogens with two attached hydrogens (primary N) is 1. The maximum atomic E-state index is 5.49. The molecule has 1 rings (SSSR count). The van der Waals surface area contributed by atoms with Crippen LogP contribution in [-0.2, 0) is 11.3 Å². The average molecular weight is 243 g/mol. The van der Waals surface area contributed by atoms with E-state index in [0.717, 1.165) is 18.0 Å². The van der Waals surface area contributed by atoms with Crippen LogP contribution in [0.3, 0.4) is 0 Å². The first-order chi connectivity index (χ1) is 7.83. The molecule has 92 valence electrons. The minimum absolute atomic E-state index is 0.512. The van der Waals surface area contributed by atoms with Gasteiger partial charge < -0.3 is 10.5 Å². The molecule has 0 atom stereocenters. The molecule has 1 aromatic rings. The topological polar surface area (TPSA) is 61.0 Å². The van der Waals surface area contributed by atoms with E-state index in [1.54, 1.807) is 0 Å². The van der Waals surface area contributed by atoms with Gasteiger partial charge in [0.15, 0.2) is 0 Å². The first-order valence-corrected chi connectivity index (χ1v) is 6.80. The summed E-state index contributed by atoms with van der Waals surface area (Å²) in [5.41, 5.74) is 5.47. The summed E-state index contributed by atoms with van der Waals surface area (Å²) in [6, 6.07) is 0. The predicted molar refractivity (Wildman–Crippen MR) is 67.4 cm³/mol. The molecule has 0 aliphatic carbocycles. The fraction of sp³-hybridized carbons (Fsp3) is 0.818. The Hall–Kier alpha value is -0.680. The number of hydrogen-bond acceptors (Lipinski definition) is 5. The Balaban J connectivity index is 1.88. The molecule has 0 saturated carbocycles. The van der Waals surface area contributed by atoms with Gasteiger partial charge in [0.25, 0.3) is 0 Å². The van der Waals surface area contributed by atoms with E-state index in [9.17, 15) is 0 Å². The van der Waals surface area contributed by atoms with Crippen LogP contribution in [0.4, 0.5) is 5.13 Å². The highest BCUT2D eigenvalue weighted by Crippen LogP contribution is 2.12. The van der Waals surface area contributed by atoms with Gasteiger partial charge in [0, 0.05) is 6.61 Å². The molecule has 0 saturated heterocycles. The Morgan fingerprint density at radius 3 is 2.56 bits per heavy atom. The monoisotopic (exact) mass is 243 g/mol. The molecule has 16 heavy (non-hydrogen) atoms. The van der Waals surface area contributed by atoms with E-state index >= 15 is 0 Å². The smallest absolute Gasteiger partial charge is 0.203 e. The Labute approximate surface area is 101 Å². The van der Waals surface area contributed by atoms with E-state index in [2.05, 4.69) is 17.1 Å². The highest BCUT2D eigenvalue weighted by molar-refractivity contribution is 7.15. The van der Waals surface area contributed by atoms with Crippen molar-refractivity contribution >= 4 is 16.5 Å². The van der Waals surface area contributed by atoms with Crippen molar-refractivity contribution in [2.24, 2.45) is 0 Å². The zero-order valence-corrected chi connectivity index (χ0v) is 10.8. The normalized spacial score (nSPS) is 10.8. The summed E-state index contributed by atoms with van der Waals surface area (Å²) in [4.78, 5) is 0. The minimum atomic E-state index is 0.512. The van der Waals surface area contributed by atoms with Crippen molar-refractivity contribution in [1.82, 2.24) is 10.2 Å². The molecule has 0 fully saturated rings. The van der Waals surface area contributed by atoms with Crippen LogP contribution in [0.1, 0.15) is 50.5 Å². The van der Waals surface area contributed by atoms with E-state index in [1.807, 2.05) is 0 Å². The van der Waals surface area contributed by atoms with Crippen molar-refractivity contribution in [3.05, 3.63) is 5.01 Å². The molecule has 0 spiro atoms. The van der Waals surface area contributed by atoms with E-state index in [1.165, 1.54) is 43.4 Å². The van der Waals surface area contributed by atoms with Gasteiger partial charge >= 0.3 is 0 Å². The zero-order chi connectivity index (χ0) is 11.6. The lowest BCUT2D eigenvalue weighted by molar-refractivity contribution is 0.116. The highest BCUT2D eigenvalue weighted by Gasteiger charge is 2.00. The third-order valence-electron chi connectivity index (χ3n) is 2.35. The fourth-order valence-electron chi connectivity index (χ4n) is 1.47. The third kappa shape index (κ3) is 6.02. The summed E-state index contributed by atoms with van der Waals surface area (Å²) in [7, 11) is 0. The predicted octanol–water partition coefficient (Wildman–Crippen LogP) is 3.00. The number of ether oxygens (including phenoxy) is 1. The van der Waals surface area contributed by atoms with Crippen LogP contribution >= 0.6 is 11.3 Å². The van der Waals surface area contributed by atoms with Crippen LogP contribution in [0.25, 0.3) is 0 Å². The maximum absolute atomic E-state index is 5.49. The van der Waals surface area contributed by atoms with Gasteiger partial charge in [0.05, 0.1) is 0 Å². The van der Waals surface area contributed by atoms with Crippen molar-refractivity contribution in [1.29, 1.82) is 0 Å². The Kier molecular flexibility index (Phi) is 7.09. The van der Waals surface area contributed by atoms with E-state index in [0.29, 0.717) is 11.7 Å². The van der Waals surface area contributed by atoms with Gasteiger partial charge in [-0.1, -0.05) is 50.4 Å². The van der Waals surface area contributed by atoms with Gasteiger partial charge in [0.2, 0.25) is 5.13 Å². The number of unbranched alkanes of at least 4 members (excludes halogenated alkanes) is 5. The molecule has 0 unspecified atom stereocenters. The second-order valence-corrected chi connectivity index (χ2v) is 4.95. The first kappa shape index (κ1) is 13.4. The van der Waals surface area contributed by atoms with Crippen LogP contribution in [0.5, 0.6) is 0 Å². The number of anilines is 1. The molecule has 1 aromatic heterocycles. The van der Waals surface area contributed by atoms with Crippen molar-refractivity contribution < 1.29 is 4.74 Å². The minimum Gasteiger partial charge on any atom is -0.374 e. The van der Waals surface area contributed by atoms with Gasteiger partial charge in [-0.05, 0) is 6.42 Å². The maximum Gasteiger partial charge on any atom is 0.203 e. The Morgan fingerprint density at radius 1 is 1.12 bits per heavy atom. The van der Waals surface area contributed by atoms with Crippen LogP contribution in [0, 0.1) is 0 Å². The number of aromatic nitrogens is 2. The van der Waals surface area contributed by atoms with Gasteiger partial charge in [0.1, 0.15) is 11.6 Å². The quantitative estimate of drug-likeness (QED) is 0.677.